The number of ether oxygens (including phenoxy) is 1. The lowest BCUT2D eigenvalue weighted by Crippen LogP contribution is -2.57. The Balaban J connectivity index is 1.60. The second kappa shape index (κ2) is 14.3. The smallest absolute Gasteiger partial charge is 0.321 e. The summed E-state index contributed by atoms with van der Waals surface area (Å²) in [6.45, 7) is 12.6. The largest absolute Gasteiger partial charge is 0.494 e. The van der Waals surface area contributed by atoms with E-state index in [-0.39, 0.29) is 36.0 Å². The molecule has 0 bridgehead atoms. The van der Waals surface area contributed by atoms with Gasteiger partial charge in [-0.2, -0.15) is 0 Å². The van der Waals surface area contributed by atoms with Gasteiger partial charge in [0.05, 0.1) is 18.5 Å². The molecule has 0 radical (unpaired) electrons. The van der Waals surface area contributed by atoms with Crippen molar-refractivity contribution in [2.75, 3.05) is 60.0 Å². The average molecular weight is 559 g/mol. The summed E-state index contributed by atoms with van der Waals surface area (Å²) in [5.74, 6) is 0.889. The molecule has 1 atom stereocenters. The Bertz CT molecular complexity index is 1070. The zero-order valence-electron chi connectivity index (χ0n) is 24.8. The molecule has 1 fully saturated rings. The van der Waals surface area contributed by atoms with Gasteiger partial charge in [0.1, 0.15) is 12.3 Å². The molecule has 0 spiro atoms. The highest BCUT2D eigenvalue weighted by Crippen LogP contribution is 2.30. The summed E-state index contributed by atoms with van der Waals surface area (Å²) in [7, 11) is 3.80. The van der Waals surface area contributed by atoms with Gasteiger partial charge in [0.2, 0.25) is 17.8 Å². The molecule has 40 heavy (non-hydrogen) atoms. The van der Waals surface area contributed by atoms with Crippen LogP contribution in [0.2, 0.25) is 0 Å². The van der Waals surface area contributed by atoms with Crippen LogP contribution < -0.4 is 26.0 Å². The fourth-order valence-electron chi connectivity index (χ4n) is 4.61. The van der Waals surface area contributed by atoms with Gasteiger partial charge >= 0.3 is 6.03 Å². The summed E-state index contributed by atoms with van der Waals surface area (Å²) in [5.41, 5.74) is 1.56. The van der Waals surface area contributed by atoms with Crippen molar-refractivity contribution >= 4 is 29.5 Å². The number of aliphatic imine (C=N–C) groups is 1. The van der Waals surface area contributed by atoms with E-state index in [2.05, 4.69) is 51.9 Å². The molecular weight excluding hydrogens is 512 g/mol. The number of likely N-dealkylation sites (N-methyl/N-ethyl adjacent to an activating group) is 2. The van der Waals surface area contributed by atoms with E-state index in [0.717, 1.165) is 25.2 Å². The molecular formula is C28H46N8O4. The minimum atomic E-state index is -0.383. The number of guanidine groups is 1. The summed E-state index contributed by atoms with van der Waals surface area (Å²) in [6.07, 6.45) is 0.968. The number of nitrogens with zero attached hydrogens (tertiary/aromatic N) is 4. The third-order valence-corrected chi connectivity index (χ3v) is 6.63. The van der Waals surface area contributed by atoms with E-state index in [9.17, 15) is 14.4 Å². The lowest BCUT2D eigenvalue weighted by atomic mass is 9.96. The number of carbonyl (C=O) groups is 3. The van der Waals surface area contributed by atoms with Crippen molar-refractivity contribution in [1.29, 1.82) is 0 Å². The van der Waals surface area contributed by atoms with E-state index >= 15 is 0 Å². The van der Waals surface area contributed by atoms with Gasteiger partial charge in [-0.05, 0) is 37.4 Å². The number of carbonyl (C=O) groups excluding carboxylic acids is 3. The molecule has 222 valence electrons. The number of hydrogen-bond acceptors (Lipinski definition) is 8. The zero-order valence-corrected chi connectivity index (χ0v) is 24.8. The summed E-state index contributed by atoms with van der Waals surface area (Å²) in [5, 5.41) is 11.8. The van der Waals surface area contributed by atoms with E-state index in [1.165, 1.54) is 0 Å². The molecule has 1 saturated heterocycles. The predicted octanol–water partition coefficient (Wildman–Crippen LogP) is 1.45. The Labute approximate surface area is 237 Å². The fraction of sp³-hybridized carbons (Fsp3) is 0.643. The molecule has 4 N–H and O–H groups in total. The van der Waals surface area contributed by atoms with Crippen LogP contribution in [0.5, 0.6) is 5.75 Å². The number of urea groups is 1. The Hall–Kier alpha value is -3.38. The molecule has 1 aromatic rings. The number of amides is 4. The van der Waals surface area contributed by atoms with Crippen molar-refractivity contribution in [2.24, 2.45) is 10.4 Å². The van der Waals surface area contributed by atoms with Gasteiger partial charge in [0, 0.05) is 58.8 Å². The molecule has 12 nitrogen and oxygen atoms in total. The highest BCUT2D eigenvalue weighted by molar-refractivity contribution is 5.99. The van der Waals surface area contributed by atoms with Crippen LogP contribution in [0.4, 0.5) is 10.5 Å². The zero-order chi connectivity index (χ0) is 29.3. The minimum absolute atomic E-state index is 0.00282. The first kappa shape index (κ1) is 31.2. The summed E-state index contributed by atoms with van der Waals surface area (Å²) in [4.78, 5) is 47.9. The van der Waals surface area contributed by atoms with Crippen LogP contribution >= 0.6 is 0 Å². The van der Waals surface area contributed by atoms with Crippen LogP contribution in [0, 0.1) is 5.41 Å². The highest BCUT2D eigenvalue weighted by Gasteiger charge is 2.26. The molecule has 2 heterocycles. The topological polar surface area (TPSA) is 131 Å². The normalized spacial score (nSPS) is 17.4. The monoisotopic (exact) mass is 558 g/mol. The van der Waals surface area contributed by atoms with E-state index in [0.29, 0.717) is 56.5 Å². The van der Waals surface area contributed by atoms with E-state index in [4.69, 9.17) is 4.74 Å². The lowest BCUT2D eigenvalue weighted by Gasteiger charge is -2.33. The minimum Gasteiger partial charge on any atom is -0.494 e. The maximum atomic E-state index is 13.0. The second-order valence-corrected chi connectivity index (χ2v) is 11.6. The summed E-state index contributed by atoms with van der Waals surface area (Å²) < 4.78 is 5.91. The van der Waals surface area contributed by atoms with Gasteiger partial charge in [-0.15, -0.1) is 0 Å². The maximum Gasteiger partial charge on any atom is 0.321 e. The Kier molecular flexibility index (Phi) is 11.1. The standard InChI is InChI=1S/C28H46N8O4/c1-7-30-27(39)33-26-31-22-15-21(40-14-8-9-24(37)32-23-16-29-12-13-34(23)5)11-10-20(22)17-36(26)18-25(38)35(6)19-28(2,3)4/h10-11,15,23,29H,7-9,12-14,16-19H2,1-6H3,(H,32,37)(H2,30,31,33,39). The molecule has 2 aliphatic heterocycles. The van der Waals surface area contributed by atoms with Gasteiger partial charge in [0.15, 0.2) is 0 Å². The number of fused-ring (bicyclic) bond motifs is 1. The molecule has 1 aromatic carbocycles. The first-order chi connectivity index (χ1) is 18.9. The second-order valence-electron chi connectivity index (χ2n) is 11.6. The number of benzene rings is 1. The Morgan fingerprint density at radius 1 is 1.25 bits per heavy atom. The molecule has 3 rings (SSSR count). The van der Waals surface area contributed by atoms with Crippen LogP contribution in [0.1, 0.15) is 46.1 Å². The predicted molar refractivity (Wildman–Crippen MR) is 155 cm³/mol. The first-order valence-corrected chi connectivity index (χ1v) is 14.0. The highest BCUT2D eigenvalue weighted by atomic mass is 16.5. The fourth-order valence-corrected chi connectivity index (χ4v) is 4.61. The maximum absolute atomic E-state index is 13.0. The van der Waals surface area contributed by atoms with Crippen LogP contribution in [0.25, 0.3) is 0 Å². The molecule has 1 unspecified atom stereocenters. The van der Waals surface area contributed by atoms with Crippen molar-refractivity contribution in [3.63, 3.8) is 0 Å². The molecule has 2 aliphatic rings. The SMILES string of the molecule is CCNC(=O)NC1=Nc2cc(OCCCC(=O)NC3CNCCN3C)ccc2CN1CC(=O)N(C)CC(C)(C)C. The van der Waals surface area contributed by atoms with Crippen LogP contribution in [-0.4, -0.2) is 105 Å². The molecule has 0 saturated carbocycles. The molecule has 4 amide bonds. The van der Waals surface area contributed by atoms with Crippen LogP contribution in [-0.2, 0) is 16.1 Å². The van der Waals surface area contributed by atoms with Crippen LogP contribution in [0.15, 0.2) is 23.2 Å². The quantitative estimate of drug-likeness (QED) is 0.320. The third kappa shape index (κ3) is 9.67. The van der Waals surface area contributed by atoms with Crippen molar-refractivity contribution in [2.45, 2.75) is 53.2 Å². The Morgan fingerprint density at radius 2 is 2.02 bits per heavy atom. The molecule has 12 heteroatoms. The molecule has 0 aromatic heterocycles. The van der Waals surface area contributed by atoms with Gasteiger partial charge < -0.3 is 30.5 Å². The Morgan fingerprint density at radius 3 is 2.73 bits per heavy atom. The average Bonchev–Trinajstić information content (AvgIpc) is 2.87. The van der Waals surface area contributed by atoms with Crippen molar-refractivity contribution < 1.29 is 19.1 Å². The molecule has 0 aliphatic carbocycles. The van der Waals surface area contributed by atoms with Crippen molar-refractivity contribution in [1.82, 2.24) is 36.0 Å². The van der Waals surface area contributed by atoms with Crippen molar-refractivity contribution in [3.8, 4) is 5.75 Å². The van der Waals surface area contributed by atoms with Gasteiger partial charge in [-0.3, -0.25) is 19.8 Å². The van der Waals surface area contributed by atoms with E-state index in [1.807, 2.05) is 32.2 Å². The first-order valence-electron chi connectivity index (χ1n) is 14.0. The number of hydrogen-bond donors (Lipinski definition) is 4. The summed E-state index contributed by atoms with van der Waals surface area (Å²) in [6, 6.07) is 5.23. The number of piperazine rings is 1. The van der Waals surface area contributed by atoms with Gasteiger partial charge in [-0.25, -0.2) is 9.79 Å². The van der Waals surface area contributed by atoms with Crippen molar-refractivity contribution in [3.05, 3.63) is 23.8 Å². The van der Waals surface area contributed by atoms with E-state index in [1.54, 1.807) is 16.8 Å². The number of rotatable bonds is 10. The lowest BCUT2D eigenvalue weighted by molar-refractivity contribution is -0.131. The number of nitrogens with one attached hydrogen (secondary N) is 4. The van der Waals surface area contributed by atoms with Gasteiger partial charge in [0.25, 0.3) is 0 Å². The van der Waals surface area contributed by atoms with Crippen LogP contribution in [0.3, 0.4) is 0 Å². The van der Waals surface area contributed by atoms with E-state index < -0.39 is 0 Å². The van der Waals surface area contributed by atoms with Gasteiger partial charge in [-0.1, -0.05) is 26.8 Å². The summed E-state index contributed by atoms with van der Waals surface area (Å²) >= 11 is 0. The third-order valence-electron chi connectivity index (χ3n) is 6.63.